The minimum atomic E-state index is -0.0848. The fourth-order valence-corrected chi connectivity index (χ4v) is 3.16. The van der Waals surface area contributed by atoms with Gasteiger partial charge in [-0.25, -0.2) is 4.79 Å². The molecular formula is C20H26N4O. The number of piperidine rings is 1. The van der Waals surface area contributed by atoms with E-state index in [0.717, 1.165) is 42.6 Å². The van der Waals surface area contributed by atoms with Gasteiger partial charge in [0, 0.05) is 18.4 Å². The number of carbonyl (C=O) groups excluding carboxylic acids is 1. The van der Waals surface area contributed by atoms with E-state index in [1.54, 1.807) is 6.20 Å². The third-order valence-electron chi connectivity index (χ3n) is 4.81. The van der Waals surface area contributed by atoms with Crippen LogP contribution in [0.4, 0.5) is 4.79 Å². The van der Waals surface area contributed by atoms with Gasteiger partial charge >= 0.3 is 6.03 Å². The Morgan fingerprint density at radius 3 is 2.52 bits per heavy atom. The molecule has 1 aliphatic rings. The molecule has 2 heterocycles. The first-order chi connectivity index (χ1) is 12.1. The second-order valence-corrected chi connectivity index (χ2v) is 6.78. The minimum Gasteiger partial charge on any atom is -0.335 e. The van der Waals surface area contributed by atoms with Crippen LogP contribution in [-0.2, 0) is 0 Å². The molecule has 132 valence electrons. The third-order valence-corrected chi connectivity index (χ3v) is 4.81. The molecule has 1 aromatic heterocycles. The Hall–Kier alpha value is -2.40. The number of nitrogens with one attached hydrogen (secondary N) is 2. The van der Waals surface area contributed by atoms with Crippen LogP contribution in [0.1, 0.15) is 31.4 Å². The van der Waals surface area contributed by atoms with Gasteiger partial charge in [-0.3, -0.25) is 4.98 Å². The van der Waals surface area contributed by atoms with Crippen molar-refractivity contribution in [3.63, 3.8) is 0 Å². The van der Waals surface area contributed by atoms with Crippen LogP contribution in [0.5, 0.6) is 0 Å². The number of hydrogen-bond acceptors (Lipinski definition) is 3. The van der Waals surface area contributed by atoms with Crippen LogP contribution >= 0.6 is 0 Å². The van der Waals surface area contributed by atoms with Crippen molar-refractivity contribution in [1.29, 1.82) is 0 Å². The van der Waals surface area contributed by atoms with Crippen molar-refractivity contribution in [1.82, 2.24) is 20.5 Å². The lowest BCUT2D eigenvalue weighted by molar-refractivity contribution is 0.212. The number of urea groups is 1. The Balaban J connectivity index is 1.54. The maximum absolute atomic E-state index is 12.2. The molecule has 0 spiro atoms. The lowest BCUT2D eigenvalue weighted by Crippen LogP contribution is -2.47. The van der Waals surface area contributed by atoms with E-state index in [1.807, 2.05) is 25.3 Å². The van der Waals surface area contributed by atoms with Crippen LogP contribution in [0.25, 0.3) is 11.1 Å². The van der Waals surface area contributed by atoms with Gasteiger partial charge in [-0.2, -0.15) is 0 Å². The zero-order valence-electron chi connectivity index (χ0n) is 14.9. The van der Waals surface area contributed by atoms with Crippen LogP contribution in [0.3, 0.4) is 0 Å². The molecule has 2 aromatic rings. The van der Waals surface area contributed by atoms with Crippen LogP contribution in [0.2, 0.25) is 0 Å². The molecule has 1 atom stereocenters. The van der Waals surface area contributed by atoms with E-state index in [4.69, 9.17) is 0 Å². The minimum absolute atomic E-state index is 0.0331. The summed E-state index contributed by atoms with van der Waals surface area (Å²) in [7, 11) is 2.12. The van der Waals surface area contributed by atoms with Crippen molar-refractivity contribution in [3.8, 4) is 11.1 Å². The first kappa shape index (κ1) is 17.4. The fraction of sp³-hybridized carbons (Fsp3) is 0.400. The van der Waals surface area contributed by atoms with E-state index in [0.29, 0.717) is 0 Å². The zero-order chi connectivity index (χ0) is 17.6. The molecule has 0 unspecified atom stereocenters. The highest BCUT2D eigenvalue weighted by atomic mass is 16.2. The van der Waals surface area contributed by atoms with Gasteiger partial charge in [0.05, 0.1) is 6.04 Å². The van der Waals surface area contributed by atoms with Crippen molar-refractivity contribution in [2.24, 2.45) is 0 Å². The second kappa shape index (κ2) is 8.12. The summed E-state index contributed by atoms with van der Waals surface area (Å²) in [5.41, 5.74) is 3.31. The lowest BCUT2D eigenvalue weighted by Gasteiger charge is -2.29. The number of benzene rings is 1. The molecule has 2 N–H and O–H groups in total. The standard InChI is InChI=1S/C20H26N4O/c1-15(22-20(25)23-19-9-12-24(2)13-10-19)16-5-7-17(8-6-16)18-4-3-11-21-14-18/h3-8,11,14-15,19H,9-10,12-13H2,1-2H3,(H2,22,23,25)/t15-/m1/s1. The quantitative estimate of drug-likeness (QED) is 0.900. The van der Waals surface area contributed by atoms with E-state index < -0.39 is 0 Å². The molecule has 5 heteroatoms. The Kier molecular flexibility index (Phi) is 5.66. The average molecular weight is 338 g/mol. The molecule has 1 aliphatic heterocycles. The number of hydrogen-bond donors (Lipinski definition) is 2. The number of nitrogens with zero attached hydrogens (tertiary/aromatic N) is 2. The maximum Gasteiger partial charge on any atom is 0.315 e. The summed E-state index contributed by atoms with van der Waals surface area (Å²) < 4.78 is 0. The Bertz CT molecular complexity index is 679. The molecule has 1 fully saturated rings. The molecule has 25 heavy (non-hydrogen) atoms. The predicted molar refractivity (Wildman–Crippen MR) is 100 cm³/mol. The molecular weight excluding hydrogens is 312 g/mol. The summed E-state index contributed by atoms with van der Waals surface area (Å²) in [4.78, 5) is 18.7. The Morgan fingerprint density at radius 1 is 1.16 bits per heavy atom. The van der Waals surface area contributed by atoms with Gasteiger partial charge in [0.1, 0.15) is 0 Å². The molecule has 2 amide bonds. The molecule has 0 radical (unpaired) electrons. The highest BCUT2D eigenvalue weighted by molar-refractivity contribution is 5.74. The number of aromatic nitrogens is 1. The van der Waals surface area contributed by atoms with E-state index >= 15 is 0 Å². The summed E-state index contributed by atoms with van der Waals surface area (Å²) in [6, 6.07) is 12.4. The van der Waals surface area contributed by atoms with Crippen molar-refractivity contribution >= 4 is 6.03 Å². The first-order valence-electron chi connectivity index (χ1n) is 8.88. The number of pyridine rings is 1. The van der Waals surface area contributed by atoms with Gasteiger partial charge in [0.2, 0.25) is 0 Å². The SMILES string of the molecule is C[C@@H](NC(=O)NC1CCN(C)CC1)c1ccc(-c2cccnc2)cc1. The maximum atomic E-state index is 12.2. The van der Waals surface area contributed by atoms with Crippen molar-refractivity contribution < 1.29 is 4.79 Å². The largest absolute Gasteiger partial charge is 0.335 e. The average Bonchev–Trinajstić information content (AvgIpc) is 2.64. The summed E-state index contributed by atoms with van der Waals surface area (Å²) in [5, 5.41) is 6.13. The molecule has 0 bridgehead atoms. The second-order valence-electron chi connectivity index (χ2n) is 6.78. The molecule has 3 rings (SSSR count). The molecule has 5 nitrogen and oxygen atoms in total. The van der Waals surface area contributed by atoms with Gasteiger partial charge in [-0.1, -0.05) is 30.3 Å². The van der Waals surface area contributed by atoms with Gasteiger partial charge < -0.3 is 15.5 Å². The number of amides is 2. The van der Waals surface area contributed by atoms with Gasteiger partial charge in [0.15, 0.2) is 0 Å². The van der Waals surface area contributed by atoms with Gasteiger partial charge in [-0.15, -0.1) is 0 Å². The number of rotatable bonds is 4. The summed E-state index contributed by atoms with van der Waals surface area (Å²) >= 11 is 0. The van der Waals surface area contributed by atoms with E-state index in [9.17, 15) is 4.79 Å². The monoisotopic (exact) mass is 338 g/mol. The van der Waals surface area contributed by atoms with Crippen LogP contribution in [-0.4, -0.2) is 42.1 Å². The summed E-state index contributed by atoms with van der Waals surface area (Å²) in [5.74, 6) is 0. The summed E-state index contributed by atoms with van der Waals surface area (Å²) in [6.45, 7) is 4.08. The molecule has 0 saturated carbocycles. The van der Waals surface area contributed by atoms with E-state index in [-0.39, 0.29) is 18.1 Å². The van der Waals surface area contributed by atoms with Crippen LogP contribution < -0.4 is 10.6 Å². The van der Waals surface area contributed by atoms with Crippen molar-refractivity contribution in [3.05, 3.63) is 54.4 Å². The highest BCUT2D eigenvalue weighted by Gasteiger charge is 2.19. The molecule has 1 aromatic carbocycles. The number of likely N-dealkylation sites (tertiary alicyclic amines) is 1. The van der Waals surface area contributed by atoms with E-state index in [1.165, 1.54) is 0 Å². The number of carbonyl (C=O) groups is 1. The molecule has 0 aliphatic carbocycles. The predicted octanol–water partition coefficient (Wildman–Crippen LogP) is 3.20. The topological polar surface area (TPSA) is 57.3 Å². The third kappa shape index (κ3) is 4.79. The fourth-order valence-electron chi connectivity index (χ4n) is 3.16. The Labute approximate surface area is 149 Å². The molecule has 1 saturated heterocycles. The smallest absolute Gasteiger partial charge is 0.315 e. The van der Waals surface area contributed by atoms with E-state index in [2.05, 4.69) is 51.8 Å². The first-order valence-corrected chi connectivity index (χ1v) is 8.88. The normalized spacial score (nSPS) is 17.0. The van der Waals surface area contributed by atoms with Crippen LogP contribution in [0.15, 0.2) is 48.8 Å². The van der Waals surface area contributed by atoms with Crippen molar-refractivity contribution in [2.75, 3.05) is 20.1 Å². The zero-order valence-corrected chi connectivity index (χ0v) is 14.9. The lowest BCUT2D eigenvalue weighted by atomic mass is 10.0. The Morgan fingerprint density at radius 2 is 1.88 bits per heavy atom. The van der Waals surface area contributed by atoms with Crippen molar-refractivity contribution in [2.45, 2.75) is 31.8 Å². The highest BCUT2D eigenvalue weighted by Crippen LogP contribution is 2.21. The summed E-state index contributed by atoms with van der Waals surface area (Å²) in [6.07, 6.45) is 5.65. The van der Waals surface area contributed by atoms with Gasteiger partial charge in [0.25, 0.3) is 0 Å². The van der Waals surface area contributed by atoms with Crippen LogP contribution in [0, 0.1) is 0 Å². The van der Waals surface area contributed by atoms with Gasteiger partial charge in [-0.05, 0) is 62.7 Å².